The Kier molecular flexibility index (Phi) is 5.66. The minimum atomic E-state index is -0.0727. The van der Waals surface area contributed by atoms with Gasteiger partial charge in [-0.25, -0.2) is 0 Å². The number of nitrogens with one attached hydrogen (secondary N) is 1. The van der Waals surface area contributed by atoms with Gasteiger partial charge >= 0.3 is 0 Å². The quantitative estimate of drug-likeness (QED) is 0.638. The molecule has 2 aliphatic heterocycles. The number of fused-ring (bicyclic) bond motifs is 2. The summed E-state index contributed by atoms with van der Waals surface area (Å²) in [4.78, 5) is 14.4. The topological polar surface area (TPSA) is 83.3 Å². The molecule has 7 heteroatoms. The van der Waals surface area contributed by atoms with Gasteiger partial charge in [0.05, 0.1) is 5.69 Å². The molecule has 1 aromatic carbocycles. The largest absolute Gasteiger partial charge is 0.507 e. The molecule has 3 atom stereocenters. The Morgan fingerprint density at radius 2 is 1.79 bits per heavy atom. The van der Waals surface area contributed by atoms with Gasteiger partial charge < -0.3 is 19.9 Å². The lowest BCUT2D eigenvalue weighted by atomic mass is 9.83. The molecular formula is C26H31N5O2. The van der Waals surface area contributed by atoms with Crippen LogP contribution in [0.1, 0.15) is 37.8 Å². The Balaban J connectivity index is 1.35. The van der Waals surface area contributed by atoms with Crippen LogP contribution in [0.5, 0.6) is 5.75 Å². The van der Waals surface area contributed by atoms with Gasteiger partial charge in [0.15, 0.2) is 5.82 Å². The van der Waals surface area contributed by atoms with Crippen LogP contribution in [0.25, 0.3) is 22.4 Å². The maximum absolute atomic E-state index is 12.1. The third-order valence-corrected chi connectivity index (χ3v) is 7.36. The van der Waals surface area contributed by atoms with Crippen LogP contribution in [0.3, 0.4) is 0 Å². The summed E-state index contributed by atoms with van der Waals surface area (Å²) >= 11 is 0. The van der Waals surface area contributed by atoms with Gasteiger partial charge in [0, 0.05) is 49.5 Å². The number of hydrogen-bond acceptors (Lipinski definition) is 6. The molecule has 2 aromatic heterocycles. The van der Waals surface area contributed by atoms with E-state index in [9.17, 15) is 9.90 Å². The number of anilines is 1. The van der Waals surface area contributed by atoms with E-state index >= 15 is 0 Å². The number of aryl methyl sites for hydroxylation is 1. The Hall–Kier alpha value is -3.19. The fraction of sp³-hybridized carbons (Fsp3) is 0.423. The number of benzene rings is 1. The molecule has 2 fully saturated rings. The van der Waals surface area contributed by atoms with Gasteiger partial charge in [-0.15, -0.1) is 10.2 Å². The minimum absolute atomic E-state index is 0.0727. The molecule has 172 valence electrons. The van der Waals surface area contributed by atoms with Gasteiger partial charge in [-0.2, -0.15) is 0 Å². The third kappa shape index (κ3) is 4.25. The average molecular weight is 446 g/mol. The zero-order valence-corrected chi connectivity index (χ0v) is 19.5. The molecule has 2 N–H and O–H groups in total. The number of nitrogens with zero attached hydrogens (tertiary/aromatic N) is 4. The number of aromatic hydroxyl groups is 1. The highest BCUT2D eigenvalue weighted by Gasteiger charge is 2.33. The van der Waals surface area contributed by atoms with Crippen LogP contribution in [0.4, 0.5) is 5.82 Å². The first kappa shape index (κ1) is 21.6. The minimum Gasteiger partial charge on any atom is -0.507 e. The second-order valence-electron chi connectivity index (χ2n) is 9.52. The predicted molar refractivity (Wildman–Crippen MR) is 131 cm³/mol. The summed E-state index contributed by atoms with van der Waals surface area (Å²) in [5.41, 5.74) is 3.61. The Labute approximate surface area is 194 Å². The predicted octanol–water partition coefficient (Wildman–Crippen LogP) is 3.63. The van der Waals surface area contributed by atoms with Crippen molar-refractivity contribution >= 4 is 5.82 Å². The Bertz CT molecular complexity index is 1210. The zero-order chi connectivity index (χ0) is 23.1. The lowest BCUT2D eigenvalue weighted by molar-refractivity contribution is 0.219. The molecule has 0 spiro atoms. The maximum atomic E-state index is 12.1. The smallest absolute Gasteiger partial charge is 0.251 e. The van der Waals surface area contributed by atoms with Gasteiger partial charge in [-0.3, -0.25) is 4.79 Å². The van der Waals surface area contributed by atoms with Crippen molar-refractivity contribution in [1.29, 1.82) is 0 Å². The molecule has 0 amide bonds. The molecule has 0 aliphatic carbocycles. The van der Waals surface area contributed by atoms with Gasteiger partial charge in [-0.1, -0.05) is 12.5 Å². The van der Waals surface area contributed by atoms with Crippen molar-refractivity contribution in [2.24, 2.45) is 7.05 Å². The highest BCUT2D eigenvalue weighted by Crippen LogP contribution is 2.33. The summed E-state index contributed by atoms with van der Waals surface area (Å²) in [5.74, 6) is 0.975. The van der Waals surface area contributed by atoms with Crippen LogP contribution in [-0.4, -0.2) is 45.0 Å². The molecule has 2 aliphatic rings. The Morgan fingerprint density at radius 3 is 2.42 bits per heavy atom. The normalized spacial score (nSPS) is 22.2. The number of rotatable bonds is 4. The van der Waals surface area contributed by atoms with Crippen molar-refractivity contribution in [3.8, 4) is 28.1 Å². The fourth-order valence-corrected chi connectivity index (χ4v) is 5.26. The van der Waals surface area contributed by atoms with E-state index in [1.54, 1.807) is 23.7 Å². The molecule has 0 unspecified atom stereocenters. The van der Waals surface area contributed by atoms with Crippen LogP contribution in [0, 0.1) is 6.92 Å². The first-order valence-corrected chi connectivity index (χ1v) is 11.7. The molecule has 2 saturated heterocycles. The summed E-state index contributed by atoms with van der Waals surface area (Å²) < 4.78 is 1.60. The van der Waals surface area contributed by atoms with Gasteiger partial charge in [0.1, 0.15) is 5.75 Å². The van der Waals surface area contributed by atoms with E-state index in [4.69, 9.17) is 0 Å². The lowest BCUT2D eigenvalue weighted by Gasteiger charge is -2.43. The van der Waals surface area contributed by atoms with E-state index in [2.05, 4.69) is 27.5 Å². The fourth-order valence-electron chi connectivity index (χ4n) is 5.26. The van der Waals surface area contributed by atoms with Crippen LogP contribution in [0.2, 0.25) is 0 Å². The first-order chi connectivity index (χ1) is 15.9. The number of aromatic nitrogens is 3. The summed E-state index contributed by atoms with van der Waals surface area (Å²) in [6.45, 7) is 1.89. The SMILES string of the molecule is Cc1cc(-c2ccc(-c3ccc(N(C)[C@H]4C[C@H]5CCC[C@@H](C4)N5)nn3)c(O)c2)cc(=O)n1C. The molecule has 3 aromatic rings. The molecular weight excluding hydrogens is 414 g/mol. The molecule has 0 radical (unpaired) electrons. The van der Waals surface area contributed by atoms with E-state index in [0.717, 1.165) is 35.5 Å². The molecule has 0 saturated carbocycles. The van der Waals surface area contributed by atoms with Crippen molar-refractivity contribution in [3.05, 3.63) is 58.5 Å². The summed E-state index contributed by atoms with van der Waals surface area (Å²) in [6.07, 6.45) is 6.13. The number of pyridine rings is 1. The molecule has 5 rings (SSSR count). The van der Waals surface area contributed by atoms with Crippen LogP contribution in [0.15, 0.2) is 47.3 Å². The number of hydrogen-bond donors (Lipinski definition) is 2. The average Bonchev–Trinajstić information content (AvgIpc) is 2.81. The highest BCUT2D eigenvalue weighted by molar-refractivity contribution is 5.74. The van der Waals surface area contributed by atoms with Crippen LogP contribution >= 0.6 is 0 Å². The van der Waals surface area contributed by atoms with E-state index in [1.165, 1.54) is 19.3 Å². The standard InChI is InChI=1S/C26H31N5O2/c1-16-11-18(13-26(33)30(16)2)17-7-8-22(24(32)12-17)23-9-10-25(29-28-23)31(3)21-14-19-5-4-6-20(15-21)27-19/h7-13,19-21,27,32H,4-6,14-15H2,1-3H3/t19-,20+,21+. The summed E-state index contributed by atoms with van der Waals surface area (Å²) in [7, 11) is 3.85. The van der Waals surface area contributed by atoms with E-state index in [0.29, 0.717) is 29.4 Å². The number of piperidine rings is 2. The second kappa shape index (κ2) is 8.63. The van der Waals surface area contributed by atoms with Crippen molar-refractivity contribution in [3.63, 3.8) is 0 Å². The summed E-state index contributed by atoms with van der Waals surface area (Å²) in [6, 6.07) is 14.5. The van der Waals surface area contributed by atoms with Crippen LogP contribution < -0.4 is 15.8 Å². The van der Waals surface area contributed by atoms with Crippen molar-refractivity contribution in [2.75, 3.05) is 11.9 Å². The molecule has 7 nitrogen and oxygen atoms in total. The van der Waals surface area contributed by atoms with E-state index < -0.39 is 0 Å². The lowest BCUT2D eigenvalue weighted by Crippen LogP contribution is -2.54. The second-order valence-corrected chi connectivity index (χ2v) is 9.52. The molecule has 33 heavy (non-hydrogen) atoms. The van der Waals surface area contributed by atoms with Crippen molar-refractivity contribution in [1.82, 2.24) is 20.1 Å². The Morgan fingerprint density at radius 1 is 1.03 bits per heavy atom. The van der Waals surface area contributed by atoms with Gasteiger partial charge in [-0.05, 0) is 74.1 Å². The highest BCUT2D eigenvalue weighted by atomic mass is 16.3. The first-order valence-electron chi connectivity index (χ1n) is 11.7. The summed E-state index contributed by atoms with van der Waals surface area (Å²) in [5, 5.41) is 23.3. The number of phenols is 1. The molecule has 2 bridgehead atoms. The van der Waals surface area contributed by atoms with Crippen molar-refractivity contribution in [2.45, 2.75) is 57.2 Å². The van der Waals surface area contributed by atoms with E-state index in [-0.39, 0.29) is 11.3 Å². The third-order valence-electron chi connectivity index (χ3n) is 7.36. The van der Waals surface area contributed by atoms with Gasteiger partial charge in [0.2, 0.25) is 0 Å². The number of phenolic OH excluding ortho intramolecular Hbond substituents is 1. The zero-order valence-electron chi connectivity index (χ0n) is 19.5. The van der Waals surface area contributed by atoms with E-state index in [1.807, 2.05) is 37.3 Å². The van der Waals surface area contributed by atoms with Crippen molar-refractivity contribution < 1.29 is 5.11 Å². The van der Waals surface area contributed by atoms with Crippen LogP contribution in [-0.2, 0) is 7.05 Å². The monoisotopic (exact) mass is 445 g/mol. The maximum Gasteiger partial charge on any atom is 0.251 e. The van der Waals surface area contributed by atoms with Gasteiger partial charge in [0.25, 0.3) is 5.56 Å². The molecule has 4 heterocycles.